The lowest BCUT2D eigenvalue weighted by Crippen LogP contribution is -2.30. The Morgan fingerprint density at radius 2 is 1.81 bits per heavy atom. The molecule has 1 aliphatic rings. The van der Waals surface area contributed by atoms with Gasteiger partial charge in [-0.1, -0.05) is 6.07 Å². The fraction of sp³-hybridized carbons (Fsp3) is 0.450. The topological polar surface area (TPSA) is 64.1 Å². The third-order valence-electron chi connectivity index (χ3n) is 4.96. The number of nitrogens with one attached hydrogen (secondary N) is 1. The van der Waals surface area contributed by atoms with Gasteiger partial charge in [0, 0.05) is 6.20 Å². The smallest absolute Gasteiger partial charge is 0.422 e. The molecule has 0 saturated heterocycles. The highest BCUT2D eigenvalue weighted by molar-refractivity contribution is 5.78. The first-order valence-corrected chi connectivity index (χ1v) is 9.37. The highest BCUT2D eigenvalue weighted by atomic mass is 19.4. The maximum Gasteiger partial charge on any atom is 0.422 e. The van der Waals surface area contributed by atoms with Crippen LogP contribution in [0.2, 0.25) is 0 Å². The van der Waals surface area contributed by atoms with E-state index in [1.807, 2.05) is 0 Å². The average molecular weight is 447 g/mol. The van der Waals surface area contributed by atoms with E-state index in [9.17, 15) is 31.1 Å². The van der Waals surface area contributed by atoms with Gasteiger partial charge in [-0.25, -0.2) is 0 Å². The number of amides is 1. The van der Waals surface area contributed by atoms with E-state index in [0.29, 0.717) is 11.3 Å². The van der Waals surface area contributed by atoms with Gasteiger partial charge < -0.3 is 10.1 Å². The Morgan fingerprint density at radius 1 is 1.10 bits per heavy atom. The lowest BCUT2D eigenvalue weighted by Gasteiger charge is -2.18. The molecular weight excluding hydrogens is 428 g/mol. The quantitative estimate of drug-likeness (QED) is 0.638. The van der Waals surface area contributed by atoms with Gasteiger partial charge in [0.15, 0.2) is 6.61 Å². The van der Waals surface area contributed by atoms with Crippen molar-refractivity contribution in [3.05, 3.63) is 53.6 Å². The van der Waals surface area contributed by atoms with Crippen LogP contribution in [-0.2, 0) is 16.6 Å². The molecule has 1 N–H and O–H groups in total. The second kappa shape index (κ2) is 8.35. The summed E-state index contributed by atoms with van der Waals surface area (Å²) in [5, 5.41) is 2.67. The first-order valence-electron chi connectivity index (χ1n) is 9.37. The molecule has 1 unspecified atom stereocenters. The number of alkyl halides is 6. The number of ether oxygens (including phenoxy) is 1. The molecular formula is C20H19F6N3O2. The largest absolute Gasteiger partial charge is 0.483 e. The molecule has 0 aliphatic heterocycles. The highest BCUT2D eigenvalue weighted by Crippen LogP contribution is 2.58. The van der Waals surface area contributed by atoms with E-state index in [2.05, 4.69) is 20.0 Å². The number of pyridine rings is 2. The first kappa shape index (κ1) is 22.8. The standard InChI is InChI=1S/C20H19F6N3O2/c1-12(15-4-3-14(10-27-15)31-11-19(21,22)23)29-17(30)8-13-2-5-16(28-9-13)18(6-7-18)20(24,25)26/h2-5,9-10,12H,6-8,11H2,1H3,(H,29,30). The molecule has 2 aromatic heterocycles. The molecule has 1 aliphatic carbocycles. The van der Waals surface area contributed by atoms with E-state index in [1.54, 1.807) is 6.92 Å². The van der Waals surface area contributed by atoms with Gasteiger partial charge in [0.2, 0.25) is 5.91 Å². The second-order valence-corrected chi connectivity index (χ2v) is 7.42. The van der Waals surface area contributed by atoms with Crippen molar-refractivity contribution in [2.45, 2.75) is 50.0 Å². The fourth-order valence-corrected chi connectivity index (χ4v) is 3.07. The van der Waals surface area contributed by atoms with Crippen LogP contribution in [0.1, 0.15) is 42.8 Å². The number of nitrogens with zero attached hydrogens (tertiary/aromatic N) is 2. The van der Waals surface area contributed by atoms with Gasteiger partial charge in [-0.05, 0) is 43.5 Å². The van der Waals surface area contributed by atoms with Crippen molar-refractivity contribution in [3.8, 4) is 5.75 Å². The summed E-state index contributed by atoms with van der Waals surface area (Å²) in [6.07, 6.45) is -6.50. The maximum atomic E-state index is 13.1. The molecule has 5 nitrogen and oxygen atoms in total. The third-order valence-corrected chi connectivity index (χ3v) is 4.96. The van der Waals surface area contributed by atoms with E-state index >= 15 is 0 Å². The minimum absolute atomic E-state index is 0.00782. The average Bonchev–Trinajstić information content (AvgIpc) is 3.49. The van der Waals surface area contributed by atoms with Gasteiger partial charge in [0.25, 0.3) is 0 Å². The highest BCUT2D eigenvalue weighted by Gasteiger charge is 2.65. The monoisotopic (exact) mass is 447 g/mol. The predicted molar refractivity (Wildman–Crippen MR) is 97.3 cm³/mol. The minimum atomic E-state index is -4.46. The third kappa shape index (κ3) is 5.65. The summed E-state index contributed by atoms with van der Waals surface area (Å²) in [7, 11) is 0. The van der Waals surface area contributed by atoms with Gasteiger partial charge in [-0.3, -0.25) is 14.8 Å². The molecule has 1 atom stereocenters. The molecule has 2 aromatic rings. The molecule has 0 aromatic carbocycles. The molecule has 1 fully saturated rings. The second-order valence-electron chi connectivity index (χ2n) is 7.42. The van der Waals surface area contributed by atoms with Crippen molar-refractivity contribution in [1.29, 1.82) is 0 Å². The van der Waals surface area contributed by atoms with Crippen LogP contribution in [-0.4, -0.2) is 34.8 Å². The number of carbonyl (C=O) groups excluding carboxylic acids is 1. The molecule has 31 heavy (non-hydrogen) atoms. The van der Waals surface area contributed by atoms with E-state index in [0.717, 1.165) is 6.20 Å². The van der Waals surface area contributed by atoms with Crippen LogP contribution in [0.15, 0.2) is 36.7 Å². The molecule has 0 radical (unpaired) electrons. The van der Waals surface area contributed by atoms with Crippen LogP contribution in [0.25, 0.3) is 0 Å². The Morgan fingerprint density at radius 3 is 2.29 bits per heavy atom. The summed E-state index contributed by atoms with van der Waals surface area (Å²) >= 11 is 0. The Labute approximate surface area is 173 Å². The van der Waals surface area contributed by atoms with Crippen LogP contribution in [0.5, 0.6) is 5.75 Å². The van der Waals surface area contributed by atoms with Gasteiger partial charge in [-0.15, -0.1) is 0 Å². The van der Waals surface area contributed by atoms with Crippen LogP contribution in [0, 0.1) is 0 Å². The van der Waals surface area contributed by atoms with Crippen LogP contribution >= 0.6 is 0 Å². The molecule has 1 saturated carbocycles. The number of aromatic nitrogens is 2. The summed E-state index contributed by atoms with van der Waals surface area (Å²) in [5.41, 5.74) is -1.06. The van der Waals surface area contributed by atoms with Gasteiger partial charge in [0.1, 0.15) is 11.2 Å². The molecule has 0 bridgehead atoms. The number of hydrogen-bond donors (Lipinski definition) is 1. The zero-order valence-electron chi connectivity index (χ0n) is 16.3. The molecule has 3 rings (SSSR count). The number of carbonyl (C=O) groups is 1. The SMILES string of the molecule is CC(NC(=O)Cc1ccc(C2(C(F)(F)F)CC2)nc1)c1ccc(OCC(F)(F)F)cn1. The summed E-state index contributed by atoms with van der Waals surface area (Å²) in [4.78, 5) is 20.1. The lowest BCUT2D eigenvalue weighted by atomic mass is 10.0. The Kier molecular flexibility index (Phi) is 6.15. The van der Waals surface area contributed by atoms with Crippen molar-refractivity contribution < 1.29 is 35.9 Å². The van der Waals surface area contributed by atoms with Crippen molar-refractivity contribution in [1.82, 2.24) is 15.3 Å². The predicted octanol–water partition coefficient (Wildman–Crippen LogP) is 4.43. The van der Waals surface area contributed by atoms with Crippen molar-refractivity contribution in [2.75, 3.05) is 6.61 Å². The summed E-state index contributed by atoms with van der Waals surface area (Å²) < 4.78 is 80.5. The summed E-state index contributed by atoms with van der Waals surface area (Å²) in [6, 6.07) is 4.95. The van der Waals surface area contributed by atoms with Crippen LogP contribution < -0.4 is 10.1 Å². The van der Waals surface area contributed by atoms with E-state index in [4.69, 9.17) is 0 Å². The van der Waals surface area contributed by atoms with E-state index in [1.165, 1.54) is 30.5 Å². The Hall–Kier alpha value is -2.85. The van der Waals surface area contributed by atoms with Crippen molar-refractivity contribution in [3.63, 3.8) is 0 Å². The normalized spacial score (nSPS) is 16.5. The van der Waals surface area contributed by atoms with Crippen LogP contribution in [0.4, 0.5) is 26.3 Å². The van der Waals surface area contributed by atoms with E-state index in [-0.39, 0.29) is 30.7 Å². The minimum Gasteiger partial charge on any atom is -0.483 e. The van der Waals surface area contributed by atoms with Crippen LogP contribution in [0.3, 0.4) is 0 Å². The molecule has 11 heteroatoms. The van der Waals surface area contributed by atoms with E-state index < -0.39 is 36.3 Å². The fourth-order valence-electron chi connectivity index (χ4n) is 3.07. The maximum absolute atomic E-state index is 13.1. The molecule has 0 spiro atoms. The van der Waals surface area contributed by atoms with Crippen molar-refractivity contribution in [2.24, 2.45) is 0 Å². The molecule has 2 heterocycles. The zero-order chi connectivity index (χ0) is 22.9. The van der Waals surface area contributed by atoms with Crippen molar-refractivity contribution >= 4 is 5.91 Å². The summed E-state index contributed by atoms with van der Waals surface area (Å²) in [5.74, 6) is -0.462. The molecule has 168 valence electrons. The van der Waals surface area contributed by atoms with Gasteiger partial charge in [0.05, 0.1) is 30.0 Å². The first-order chi connectivity index (χ1) is 14.4. The Balaban J connectivity index is 1.53. The number of hydrogen-bond acceptors (Lipinski definition) is 4. The van der Waals surface area contributed by atoms with Gasteiger partial charge in [-0.2, -0.15) is 26.3 Å². The molecule has 1 amide bonds. The lowest BCUT2D eigenvalue weighted by molar-refractivity contribution is -0.161. The Bertz CT molecular complexity index is 906. The number of halogens is 6. The summed E-state index contributed by atoms with van der Waals surface area (Å²) in [6.45, 7) is 0.204. The number of rotatable bonds is 7. The zero-order valence-corrected chi connectivity index (χ0v) is 16.3. The van der Waals surface area contributed by atoms with Gasteiger partial charge >= 0.3 is 12.4 Å².